The van der Waals surface area contributed by atoms with Crippen molar-refractivity contribution >= 4 is 58.4 Å². The number of anilines is 2. The molecular formula is C24H16Cl2FN3O4. The minimum atomic E-state index is -0.570. The van der Waals surface area contributed by atoms with Crippen LogP contribution in [0.5, 0.6) is 5.75 Å². The number of hydrazine groups is 1. The maximum atomic E-state index is 13.0. The molecule has 10 heteroatoms. The maximum Gasteiger partial charge on any atom is 0.282 e. The number of hydrogen-bond acceptors (Lipinski definition) is 4. The molecule has 3 aromatic carbocycles. The van der Waals surface area contributed by atoms with Crippen LogP contribution in [-0.2, 0) is 14.4 Å². The molecule has 0 spiro atoms. The number of benzene rings is 3. The molecule has 0 bridgehead atoms. The van der Waals surface area contributed by atoms with Crippen LogP contribution < -0.4 is 20.5 Å². The fourth-order valence-corrected chi connectivity index (χ4v) is 3.76. The highest BCUT2D eigenvalue weighted by atomic mass is 35.5. The summed E-state index contributed by atoms with van der Waals surface area (Å²) in [5, 5.41) is 3.87. The summed E-state index contributed by atoms with van der Waals surface area (Å²) in [6.07, 6.45) is 1.36. The Labute approximate surface area is 203 Å². The Morgan fingerprint density at radius 2 is 1.68 bits per heavy atom. The van der Waals surface area contributed by atoms with Gasteiger partial charge in [-0.2, -0.15) is 0 Å². The lowest BCUT2D eigenvalue weighted by Crippen LogP contribution is -2.35. The zero-order valence-corrected chi connectivity index (χ0v) is 18.9. The lowest BCUT2D eigenvalue weighted by molar-refractivity contribution is -0.118. The SMILES string of the molecule is O=C(COc1c(Cl)cc(/C=C2/C(=O)NN(c3ccccc3)C2=O)cc1Cl)Nc1ccc(F)cc1. The van der Waals surface area contributed by atoms with Crippen LogP contribution in [0, 0.1) is 5.82 Å². The molecule has 0 unspecified atom stereocenters. The Balaban J connectivity index is 1.46. The van der Waals surface area contributed by atoms with Crippen molar-refractivity contribution in [2.45, 2.75) is 0 Å². The van der Waals surface area contributed by atoms with E-state index < -0.39 is 30.1 Å². The largest absolute Gasteiger partial charge is 0.481 e. The van der Waals surface area contributed by atoms with Gasteiger partial charge in [-0.05, 0) is 60.2 Å². The number of nitrogens with one attached hydrogen (secondary N) is 2. The first-order chi connectivity index (χ1) is 16.3. The third-order valence-corrected chi connectivity index (χ3v) is 5.27. The first-order valence-corrected chi connectivity index (χ1v) is 10.7. The molecular weight excluding hydrogens is 484 g/mol. The van der Waals surface area contributed by atoms with Gasteiger partial charge in [0.05, 0.1) is 15.7 Å². The van der Waals surface area contributed by atoms with Crippen LogP contribution in [-0.4, -0.2) is 24.3 Å². The fraction of sp³-hybridized carbons (Fsp3) is 0.0417. The molecule has 0 saturated carbocycles. The van der Waals surface area contributed by atoms with Gasteiger partial charge >= 0.3 is 0 Å². The Bertz CT molecular complexity index is 1270. The number of carbonyl (C=O) groups is 3. The summed E-state index contributed by atoms with van der Waals surface area (Å²) < 4.78 is 18.4. The van der Waals surface area contributed by atoms with Crippen molar-refractivity contribution < 1.29 is 23.5 Å². The second-order valence-corrected chi connectivity index (χ2v) is 7.95. The quantitative estimate of drug-likeness (QED) is 0.382. The first-order valence-electron chi connectivity index (χ1n) is 9.91. The Kier molecular flexibility index (Phi) is 6.81. The third kappa shape index (κ3) is 5.19. The lowest BCUT2D eigenvalue weighted by atomic mass is 10.1. The number of halogens is 3. The zero-order valence-electron chi connectivity index (χ0n) is 17.3. The number of para-hydroxylation sites is 1. The van der Waals surface area contributed by atoms with Crippen LogP contribution in [0.15, 0.2) is 72.3 Å². The molecule has 0 atom stereocenters. The molecule has 2 N–H and O–H groups in total. The molecule has 1 aliphatic heterocycles. The predicted octanol–water partition coefficient (Wildman–Crippen LogP) is 4.61. The summed E-state index contributed by atoms with van der Waals surface area (Å²) in [6.45, 7) is -0.399. The van der Waals surface area contributed by atoms with E-state index in [-0.39, 0.29) is 21.4 Å². The maximum absolute atomic E-state index is 13.0. The summed E-state index contributed by atoms with van der Waals surface area (Å²) in [7, 11) is 0. The average Bonchev–Trinajstić information content (AvgIpc) is 3.09. The molecule has 1 saturated heterocycles. The lowest BCUT2D eigenvalue weighted by Gasteiger charge is -2.14. The van der Waals surface area contributed by atoms with Gasteiger partial charge in [-0.3, -0.25) is 19.8 Å². The van der Waals surface area contributed by atoms with Crippen molar-refractivity contribution in [1.82, 2.24) is 5.43 Å². The standard InChI is InChI=1S/C24H16Cl2FN3O4/c25-19-11-14(10-18-23(32)29-30(24(18)33)17-4-2-1-3-5-17)12-20(26)22(19)34-13-21(31)28-16-8-6-15(27)7-9-16/h1-12H,13H2,(H,28,31)(H,29,32)/b18-10-. The number of amides is 3. The van der Waals surface area contributed by atoms with E-state index in [1.165, 1.54) is 42.5 Å². The Morgan fingerprint density at radius 3 is 2.32 bits per heavy atom. The van der Waals surface area contributed by atoms with Gasteiger partial charge in [0, 0.05) is 5.69 Å². The van der Waals surface area contributed by atoms with Gasteiger partial charge in [0.25, 0.3) is 17.7 Å². The van der Waals surface area contributed by atoms with Crippen molar-refractivity contribution in [2.24, 2.45) is 0 Å². The number of nitrogens with zero attached hydrogens (tertiary/aromatic N) is 1. The molecule has 1 aliphatic rings. The van der Waals surface area contributed by atoms with Gasteiger partial charge in [0.2, 0.25) is 0 Å². The van der Waals surface area contributed by atoms with E-state index in [1.807, 2.05) is 0 Å². The predicted molar refractivity (Wildman–Crippen MR) is 127 cm³/mol. The van der Waals surface area contributed by atoms with Gasteiger partial charge in [0.1, 0.15) is 11.4 Å². The molecule has 3 aromatic rings. The van der Waals surface area contributed by atoms with Crippen molar-refractivity contribution in [1.29, 1.82) is 0 Å². The van der Waals surface area contributed by atoms with Crippen LogP contribution in [0.3, 0.4) is 0 Å². The molecule has 1 fully saturated rings. The highest BCUT2D eigenvalue weighted by molar-refractivity contribution is 6.37. The van der Waals surface area contributed by atoms with E-state index in [1.54, 1.807) is 30.3 Å². The summed E-state index contributed by atoms with van der Waals surface area (Å²) in [5.41, 5.74) is 3.73. The summed E-state index contributed by atoms with van der Waals surface area (Å²) in [5.74, 6) is -1.96. The molecule has 0 radical (unpaired) electrons. The topological polar surface area (TPSA) is 87.7 Å². The van der Waals surface area contributed by atoms with Gasteiger partial charge < -0.3 is 10.1 Å². The fourth-order valence-electron chi connectivity index (χ4n) is 3.15. The normalized spacial score (nSPS) is 14.3. The summed E-state index contributed by atoms with van der Waals surface area (Å²) in [6, 6.07) is 16.8. The van der Waals surface area contributed by atoms with Crippen LogP contribution in [0.1, 0.15) is 5.56 Å². The molecule has 172 valence electrons. The highest BCUT2D eigenvalue weighted by Gasteiger charge is 2.34. The number of rotatable bonds is 6. The molecule has 7 nitrogen and oxygen atoms in total. The monoisotopic (exact) mass is 499 g/mol. The van der Waals surface area contributed by atoms with Crippen LogP contribution in [0.25, 0.3) is 6.08 Å². The highest BCUT2D eigenvalue weighted by Crippen LogP contribution is 2.35. The minimum absolute atomic E-state index is 0.0628. The van der Waals surface area contributed by atoms with E-state index in [2.05, 4.69) is 10.7 Å². The molecule has 34 heavy (non-hydrogen) atoms. The minimum Gasteiger partial charge on any atom is -0.481 e. The van der Waals surface area contributed by atoms with E-state index in [9.17, 15) is 18.8 Å². The zero-order chi connectivity index (χ0) is 24.2. The molecule has 0 aromatic heterocycles. The second kappa shape index (κ2) is 9.94. The third-order valence-electron chi connectivity index (χ3n) is 4.71. The van der Waals surface area contributed by atoms with Crippen molar-refractivity contribution in [2.75, 3.05) is 16.9 Å². The van der Waals surface area contributed by atoms with Crippen LogP contribution in [0.2, 0.25) is 10.0 Å². The molecule has 1 heterocycles. The van der Waals surface area contributed by atoms with E-state index in [0.717, 1.165) is 5.01 Å². The molecule has 0 aliphatic carbocycles. The summed E-state index contributed by atoms with van der Waals surface area (Å²) >= 11 is 12.5. The number of carbonyl (C=O) groups excluding carboxylic acids is 3. The van der Waals surface area contributed by atoms with Gasteiger partial charge in [-0.25, -0.2) is 9.40 Å². The van der Waals surface area contributed by atoms with Gasteiger partial charge in [0.15, 0.2) is 12.4 Å². The second-order valence-electron chi connectivity index (χ2n) is 7.13. The van der Waals surface area contributed by atoms with Crippen LogP contribution in [0.4, 0.5) is 15.8 Å². The van der Waals surface area contributed by atoms with Gasteiger partial charge in [-0.15, -0.1) is 0 Å². The summed E-state index contributed by atoms with van der Waals surface area (Å²) in [4.78, 5) is 37.2. The van der Waals surface area contributed by atoms with E-state index >= 15 is 0 Å². The van der Waals surface area contributed by atoms with Crippen molar-refractivity contribution in [3.8, 4) is 5.75 Å². The first kappa shape index (κ1) is 23.3. The molecule has 4 rings (SSSR count). The molecule has 3 amide bonds. The van der Waals surface area contributed by atoms with Crippen LogP contribution >= 0.6 is 23.2 Å². The Morgan fingerprint density at radius 1 is 1.03 bits per heavy atom. The average molecular weight is 500 g/mol. The van der Waals surface area contributed by atoms with E-state index in [4.69, 9.17) is 27.9 Å². The number of ether oxygens (including phenoxy) is 1. The van der Waals surface area contributed by atoms with Crippen molar-refractivity contribution in [3.05, 3.63) is 93.7 Å². The van der Waals surface area contributed by atoms with E-state index in [0.29, 0.717) is 16.9 Å². The van der Waals surface area contributed by atoms with Gasteiger partial charge in [-0.1, -0.05) is 41.4 Å². The smallest absolute Gasteiger partial charge is 0.282 e. The Hall–Kier alpha value is -3.88. The van der Waals surface area contributed by atoms with Crippen molar-refractivity contribution in [3.63, 3.8) is 0 Å². The number of hydrogen-bond donors (Lipinski definition) is 2.